The molecule has 0 atom stereocenters. The second kappa shape index (κ2) is 5.47. The number of rotatable bonds is 6. The first-order valence-corrected chi connectivity index (χ1v) is 5.67. The van der Waals surface area contributed by atoms with Crippen LogP contribution in [0.5, 0.6) is 0 Å². The summed E-state index contributed by atoms with van der Waals surface area (Å²) in [6, 6.07) is 0. The van der Waals surface area contributed by atoms with Gasteiger partial charge in [0.25, 0.3) is 0 Å². The van der Waals surface area contributed by atoms with Crippen LogP contribution in [0.15, 0.2) is 0 Å². The van der Waals surface area contributed by atoms with Crippen molar-refractivity contribution in [3.05, 3.63) is 0 Å². The van der Waals surface area contributed by atoms with Gasteiger partial charge in [-0.05, 0) is 20.3 Å². The van der Waals surface area contributed by atoms with Crippen LogP contribution in [0.3, 0.4) is 0 Å². The summed E-state index contributed by atoms with van der Waals surface area (Å²) in [5.41, 5.74) is -0.118. The van der Waals surface area contributed by atoms with Crippen LogP contribution in [0.25, 0.3) is 0 Å². The fourth-order valence-corrected chi connectivity index (χ4v) is 1.67. The summed E-state index contributed by atoms with van der Waals surface area (Å²) >= 11 is 0. The maximum absolute atomic E-state index is 11.5. The predicted molar refractivity (Wildman–Crippen MR) is 59.7 cm³/mol. The smallest absolute Gasteiger partial charge is 0.246 e. The summed E-state index contributed by atoms with van der Waals surface area (Å²) in [6.45, 7) is 8.11. The van der Waals surface area contributed by atoms with E-state index in [-0.39, 0.29) is 24.2 Å². The van der Waals surface area contributed by atoms with Crippen molar-refractivity contribution in [3.63, 3.8) is 0 Å². The Morgan fingerprint density at radius 1 is 1.53 bits per heavy atom. The van der Waals surface area contributed by atoms with Crippen molar-refractivity contribution in [2.24, 2.45) is 0 Å². The van der Waals surface area contributed by atoms with Crippen LogP contribution >= 0.6 is 0 Å². The molecular formula is C11H22N2O2. The highest BCUT2D eigenvalue weighted by atomic mass is 16.5. The summed E-state index contributed by atoms with van der Waals surface area (Å²) in [5.74, 6) is -0.0136. The van der Waals surface area contributed by atoms with Gasteiger partial charge < -0.3 is 15.4 Å². The van der Waals surface area contributed by atoms with E-state index in [1.54, 1.807) is 0 Å². The lowest BCUT2D eigenvalue weighted by atomic mass is 9.99. The van der Waals surface area contributed by atoms with E-state index in [4.69, 9.17) is 4.74 Å². The Labute approximate surface area is 91.8 Å². The molecule has 1 amide bonds. The monoisotopic (exact) mass is 214 g/mol. The van der Waals surface area contributed by atoms with Crippen LogP contribution in [0.4, 0.5) is 0 Å². The predicted octanol–water partition coefficient (Wildman–Crippen LogP) is 0.670. The molecule has 1 aliphatic heterocycles. The Morgan fingerprint density at radius 2 is 2.20 bits per heavy atom. The first-order chi connectivity index (χ1) is 7.03. The van der Waals surface area contributed by atoms with Crippen molar-refractivity contribution in [1.82, 2.24) is 10.6 Å². The first kappa shape index (κ1) is 12.5. The van der Waals surface area contributed by atoms with E-state index >= 15 is 0 Å². The molecule has 0 unspecified atom stereocenters. The van der Waals surface area contributed by atoms with Gasteiger partial charge in [0.2, 0.25) is 5.91 Å². The highest BCUT2D eigenvalue weighted by Gasteiger charge is 2.22. The van der Waals surface area contributed by atoms with Gasteiger partial charge in [-0.15, -0.1) is 0 Å². The third kappa shape index (κ3) is 4.62. The lowest BCUT2D eigenvalue weighted by Gasteiger charge is -2.29. The van der Waals surface area contributed by atoms with Gasteiger partial charge in [0.05, 0.1) is 6.10 Å². The van der Waals surface area contributed by atoms with Crippen molar-refractivity contribution in [2.45, 2.75) is 45.3 Å². The van der Waals surface area contributed by atoms with Crippen molar-refractivity contribution in [2.75, 3.05) is 19.7 Å². The molecule has 0 aliphatic carbocycles. The largest absolute Gasteiger partial charge is 0.366 e. The molecule has 15 heavy (non-hydrogen) atoms. The number of hydrogen-bond acceptors (Lipinski definition) is 3. The van der Waals surface area contributed by atoms with E-state index in [9.17, 15) is 4.79 Å². The number of nitrogens with one attached hydrogen (secondary N) is 2. The molecular weight excluding hydrogens is 192 g/mol. The topological polar surface area (TPSA) is 50.4 Å². The fourth-order valence-electron chi connectivity index (χ4n) is 1.67. The summed E-state index contributed by atoms with van der Waals surface area (Å²) < 4.78 is 5.39. The molecule has 0 saturated carbocycles. The van der Waals surface area contributed by atoms with Crippen molar-refractivity contribution in [3.8, 4) is 0 Å². The summed E-state index contributed by atoms with van der Waals surface area (Å²) in [4.78, 5) is 11.5. The standard InChI is InChI=1S/C11H22N2O2/c1-4-5-11(2,3)13-10(14)8-15-9-6-12-7-9/h9,12H,4-8H2,1-3H3,(H,13,14). The summed E-state index contributed by atoms with van der Waals surface area (Å²) in [5, 5.41) is 6.07. The van der Waals surface area contributed by atoms with Crippen molar-refractivity contribution in [1.29, 1.82) is 0 Å². The maximum Gasteiger partial charge on any atom is 0.246 e. The van der Waals surface area contributed by atoms with Crippen LogP contribution in [0, 0.1) is 0 Å². The zero-order valence-electron chi connectivity index (χ0n) is 9.93. The number of ether oxygens (including phenoxy) is 1. The van der Waals surface area contributed by atoms with E-state index in [1.807, 2.05) is 13.8 Å². The van der Waals surface area contributed by atoms with Gasteiger partial charge in [0.15, 0.2) is 0 Å². The zero-order valence-corrected chi connectivity index (χ0v) is 9.93. The van der Waals surface area contributed by atoms with E-state index in [1.165, 1.54) is 0 Å². The molecule has 1 saturated heterocycles. The Bertz CT molecular complexity index is 213. The Hall–Kier alpha value is -0.610. The third-order valence-corrected chi connectivity index (χ3v) is 2.55. The van der Waals surface area contributed by atoms with Gasteiger partial charge >= 0.3 is 0 Å². The van der Waals surface area contributed by atoms with E-state index in [2.05, 4.69) is 17.6 Å². The van der Waals surface area contributed by atoms with E-state index < -0.39 is 0 Å². The molecule has 0 aromatic carbocycles. The van der Waals surface area contributed by atoms with Crippen LogP contribution in [0.1, 0.15) is 33.6 Å². The van der Waals surface area contributed by atoms with Crippen molar-refractivity contribution >= 4 is 5.91 Å². The Balaban J connectivity index is 2.16. The van der Waals surface area contributed by atoms with Crippen LogP contribution in [0.2, 0.25) is 0 Å². The average molecular weight is 214 g/mol. The highest BCUT2D eigenvalue weighted by molar-refractivity contribution is 5.77. The zero-order chi connectivity index (χ0) is 11.3. The normalized spacial score (nSPS) is 17.3. The van der Waals surface area contributed by atoms with Gasteiger partial charge in [-0.25, -0.2) is 0 Å². The van der Waals surface area contributed by atoms with Crippen LogP contribution in [-0.4, -0.2) is 37.2 Å². The molecule has 4 nitrogen and oxygen atoms in total. The fraction of sp³-hybridized carbons (Fsp3) is 0.909. The minimum Gasteiger partial charge on any atom is -0.366 e. The summed E-state index contributed by atoms with van der Waals surface area (Å²) in [6.07, 6.45) is 2.29. The Kier molecular flexibility index (Phi) is 4.54. The van der Waals surface area contributed by atoms with Gasteiger partial charge in [0, 0.05) is 18.6 Å². The molecule has 0 spiro atoms. The molecule has 0 radical (unpaired) electrons. The average Bonchev–Trinajstić information content (AvgIpc) is 1.99. The van der Waals surface area contributed by atoms with Crippen LogP contribution < -0.4 is 10.6 Å². The quantitative estimate of drug-likeness (QED) is 0.683. The summed E-state index contributed by atoms with van der Waals surface area (Å²) in [7, 11) is 0. The second-order valence-electron chi connectivity index (χ2n) is 4.77. The molecule has 2 N–H and O–H groups in total. The maximum atomic E-state index is 11.5. The Morgan fingerprint density at radius 3 is 2.67 bits per heavy atom. The van der Waals surface area contributed by atoms with Crippen LogP contribution in [-0.2, 0) is 9.53 Å². The molecule has 0 aromatic heterocycles. The molecule has 0 aromatic rings. The minimum atomic E-state index is -0.118. The molecule has 0 bridgehead atoms. The lowest BCUT2D eigenvalue weighted by Crippen LogP contribution is -2.51. The SMILES string of the molecule is CCCC(C)(C)NC(=O)COC1CNC1. The molecule has 88 valence electrons. The number of carbonyl (C=O) groups is 1. The number of carbonyl (C=O) groups excluding carboxylic acids is 1. The second-order valence-corrected chi connectivity index (χ2v) is 4.77. The number of hydrogen-bond donors (Lipinski definition) is 2. The molecule has 1 heterocycles. The highest BCUT2D eigenvalue weighted by Crippen LogP contribution is 2.10. The number of amides is 1. The van der Waals surface area contributed by atoms with Gasteiger partial charge in [-0.1, -0.05) is 13.3 Å². The minimum absolute atomic E-state index is 0.0136. The molecule has 4 heteroatoms. The van der Waals surface area contributed by atoms with Gasteiger partial charge in [-0.3, -0.25) is 4.79 Å². The molecule has 1 aliphatic rings. The molecule has 1 rings (SSSR count). The van der Waals surface area contributed by atoms with Gasteiger partial charge in [-0.2, -0.15) is 0 Å². The third-order valence-electron chi connectivity index (χ3n) is 2.55. The van der Waals surface area contributed by atoms with E-state index in [0.717, 1.165) is 25.9 Å². The first-order valence-electron chi connectivity index (χ1n) is 5.67. The molecule has 1 fully saturated rings. The van der Waals surface area contributed by atoms with Gasteiger partial charge in [0.1, 0.15) is 6.61 Å². The van der Waals surface area contributed by atoms with Crippen molar-refractivity contribution < 1.29 is 9.53 Å². The lowest BCUT2D eigenvalue weighted by molar-refractivity contribution is -0.130. The van der Waals surface area contributed by atoms with E-state index in [0.29, 0.717) is 0 Å².